The van der Waals surface area contributed by atoms with E-state index in [1.54, 1.807) is 36.4 Å². The standard InChI is InChI=1S/C22H20ClN3O3S2/c23-18-8-6-16(7-9-18)14-21(27)26-22(30)25-19-10-12-20(13-11-19)31(28,29)24-15-17-4-2-1-3-5-17/h1-13,24H,14-15H2,(H2,25,26,27,30). The Morgan fingerprint density at radius 2 is 1.52 bits per heavy atom. The van der Waals surface area contributed by atoms with Crippen molar-refractivity contribution in [2.75, 3.05) is 5.32 Å². The zero-order valence-corrected chi connectivity index (χ0v) is 18.7. The number of nitrogens with one attached hydrogen (secondary N) is 3. The Kier molecular flexibility index (Phi) is 7.75. The van der Waals surface area contributed by atoms with Gasteiger partial charge in [-0.15, -0.1) is 0 Å². The largest absolute Gasteiger partial charge is 0.332 e. The molecule has 0 saturated carbocycles. The Bertz CT molecular complexity index is 1150. The van der Waals surface area contributed by atoms with Crippen molar-refractivity contribution in [3.05, 3.63) is 95.0 Å². The van der Waals surface area contributed by atoms with Gasteiger partial charge in [0, 0.05) is 17.3 Å². The Hall–Kier alpha value is -2.78. The number of rotatable bonds is 7. The minimum absolute atomic E-state index is 0.122. The van der Waals surface area contributed by atoms with Gasteiger partial charge in [-0.3, -0.25) is 4.79 Å². The van der Waals surface area contributed by atoms with E-state index < -0.39 is 10.0 Å². The molecule has 3 aromatic carbocycles. The van der Waals surface area contributed by atoms with Crippen molar-refractivity contribution in [3.8, 4) is 0 Å². The lowest BCUT2D eigenvalue weighted by molar-refractivity contribution is -0.119. The molecule has 0 aromatic heterocycles. The minimum atomic E-state index is -3.65. The Morgan fingerprint density at radius 1 is 0.871 bits per heavy atom. The monoisotopic (exact) mass is 473 g/mol. The molecule has 0 atom stereocenters. The van der Waals surface area contributed by atoms with E-state index in [0.29, 0.717) is 10.7 Å². The van der Waals surface area contributed by atoms with E-state index in [9.17, 15) is 13.2 Å². The third-order valence-electron chi connectivity index (χ3n) is 4.26. The molecule has 0 spiro atoms. The quantitative estimate of drug-likeness (QED) is 0.453. The Labute approximate surface area is 191 Å². The number of amides is 1. The van der Waals surface area contributed by atoms with Gasteiger partial charge >= 0.3 is 0 Å². The molecule has 6 nitrogen and oxygen atoms in total. The number of thiocarbonyl (C=S) groups is 1. The molecular weight excluding hydrogens is 454 g/mol. The van der Waals surface area contributed by atoms with Crippen molar-refractivity contribution in [2.24, 2.45) is 0 Å². The summed E-state index contributed by atoms with van der Waals surface area (Å²) in [6, 6.07) is 22.3. The number of hydrogen-bond acceptors (Lipinski definition) is 4. The SMILES string of the molecule is O=C(Cc1ccc(Cl)cc1)NC(=S)Nc1ccc(S(=O)(=O)NCc2ccccc2)cc1. The number of sulfonamides is 1. The first-order valence-corrected chi connectivity index (χ1v) is 11.6. The predicted molar refractivity (Wildman–Crippen MR) is 126 cm³/mol. The van der Waals surface area contributed by atoms with E-state index in [2.05, 4.69) is 15.4 Å². The van der Waals surface area contributed by atoms with Gasteiger partial charge in [-0.05, 0) is 59.7 Å². The van der Waals surface area contributed by atoms with Crippen LogP contribution in [0.3, 0.4) is 0 Å². The first kappa shape index (κ1) is 22.9. The van der Waals surface area contributed by atoms with Gasteiger partial charge in [0.25, 0.3) is 0 Å². The molecule has 0 radical (unpaired) electrons. The fourth-order valence-corrected chi connectivity index (χ4v) is 4.07. The van der Waals surface area contributed by atoms with Gasteiger partial charge in [0.05, 0.1) is 11.3 Å². The number of carbonyl (C=O) groups excluding carboxylic acids is 1. The van der Waals surface area contributed by atoms with Crippen LogP contribution in [-0.4, -0.2) is 19.4 Å². The van der Waals surface area contributed by atoms with Crippen molar-refractivity contribution in [3.63, 3.8) is 0 Å². The van der Waals surface area contributed by atoms with Gasteiger partial charge in [0.15, 0.2) is 5.11 Å². The minimum Gasteiger partial charge on any atom is -0.332 e. The Balaban J connectivity index is 1.52. The van der Waals surface area contributed by atoms with Crippen molar-refractivity contribution in [2.45, 2.75) is 17.9 Å². The van der Waals surface area contributed by atoms with Crippen molar-refractivity contribution in [1.82, 2.24) is 10.0 Å². The summed E-state index contributed by atoms with van der Waals surface area (Å²) in [5.74, 6) is -0.274. The highest BCUT2D eigenvalue weighted by atomic mass is 35.5. The molecule has 0 saturated heterocycles. The van der Waals surface area contributed by atoms with Gasteiger partial charge in [-0.1, -0.05) is 54.1 Å². The molecule has 31 heavy (non-hydrogen) atoms. The highest BCUT2D eigenvalue weighted by Crippen LogP contribution is 2.15. The van der Waals surface area contributed by atoms with E-state index >= 15 is 0 Å². The van der Waals surface area contributed by atoms with Crippen molar-refractivity contribution >= 4 is 50.5 Å². The molecule has 0 bridgehead atoms. The molecule has 3 aromatic rings. The van der Waals surface area contributed by atoms with Gasteiger partial charge < -0.3 is 10.6 Å². The van der Waals surface area contributed by atoms with E-state index in [-0.39, 0.29) is 28.9 Å². The second-order valence-corrected chi connectivity index (χ2v) is 9.25. The summed E-state index contributed by atoms with van der Waals surface area (Å²) in [6.07, 6.45) is 0.156. The summed E-state index contributed by atoms with van der Waals surface area (Å²) in [5, 5.41) is 6.18. The second-order valence-electron chi connectivity index (χ2n) is 6.64. The first-order valence-electron chi connectivity index (χ1n) is 9.31. The van der Waals surface area contributed by atoms with Crippen LogP contribution in [0.1, 0.15) is 11.1 Å². The molecule has 160 valence electrons. The third-order valence-corrected chi connectivity index (χ3v) is 6.14. The molecule has 3 N–H and O–H groups in total. The predicted octanol–water partition coefficient (Wildman–Crippen LogP) is 3.87. The molecule has 9 heteroatoms. The zero-order valence-electron chi connectivity index (χ0n) is 16.3. The number of carbonyl (C=O) groups is 1. The van der Waals surface area contributed by atoms with Gasteiger partial charge in [0.2, 0.25) is 15.9 Å². The molecule has 0 aliphatic rings. The lowest BCUT2D eigenvalue weighted by atomic mass is 10.1. The van der Waals surface area contributed by atoms with Crippen LogP contribution in [-0.2, 0) is 27.8 Å². The summed E-state index contributed by atoms with van der Waals surface area (Å²) in [7, 11) is -3.65. The van der Waals surface area contributed by atoms with Crippen LogP contribution < -0.4 is 15.4 Å². The number of anilines is 1. The summed E-state index contributed by atoms with van der Waals surface area (Å²) >= 11 is 11.0. The van der Waals surface area contributed by atoms with Crippen LogP contribution in [0, 0.1) is 0 Å². The summed E-state index contributed by atoms with van der Waals surface area (Å²) in [4.78, 5) is 12.2. The maximum atomic E-state index is 12.5. The lowest BCUT2D eigenvalue weighted by Gasteiger charge is -2.11. The van der Waals surface area contributed by atoms with Gasteiger partial charge in [-0.2, -0.15) is 0 Å². The maximum Gasteiger partial charge on any atom is 0.240 e. The number of benzene rings is 3. The molecule has 3 rings (SSSR count). The average molecular weight is 474 g/mol. The first-order chi connectivity index (χ1) is 14.8. The normalized spacial score (nSPS) is 11.0. The molecule has 0 aliphatic heterocycles. The second kappa shape index (κ2) is 10.5. The Morgan fingerprint density at radius 3 is 2.16 bits per heavy atom. The van der Waals surface area contributed by atoms with Crippen LogP contribution in [0.2, 0.25) is 5.02 Å². The smallest absolute Gasteiger partial charge is 0.240 e. The number of halogens is 1. The molecule has 0 unspecified atom stereocenters. The number of hydrogen-bond donors (Lipinski definition) is 3. The molecular formula is C22H20ClN3O3S2. The summed E-state index contributed by atoms with van der Waals surface area (Å²) in [6.45, 7) is 0.201. The highest BCUT2D eigenvalue weighted by Gasteiger charge is 2.14. The fraction of sp³-hybridized carbons (Fsp3) is 0.0909. The van der Waals surface area contributed by atoms with Crippen LogP contribution >= 0.6 is 23.8 Å². The summed E-state index contributed by atoms with van der Waals surface area (Å²) < 4.78 is 27.5. The van der Waals surface area contributed by atoms with Crippen LogP contribution in [0.15, 0.2) is 83.8 Å². The van der Waals surface area contributed by atoms with Crippen molar-refractivity contribution < 1.29 is 13.2 Å². The molecule has 0 heterocycles. The maximum absolute atomic E-state index is 12.5. The highest BCUT2D eigenvalue weighted by molar-refractivity contribution is 7.89. The lowest BCUT2D eigenvalue weighted by Crippen LogP contribution is -2.35. The fourth-order valence-electron chi connectivity index (χ4n) is 2.70. The van der Waals surface area contributed by atoms with Crippen LogP contribution in [0.5, 0.6) is 0 Å². The van der Waals surface area contributed by atoms with Crippen LogP contribution in [0.25, 0.3) is 0 Å². The molecule has 1 amide bonds. The molecule has 0 aliphatic carbocycles. The van der Waals surface area contributed by atoms with Crippen LogP contribution in [0.4, 0.5) is 5.69 Å². The van der Waals surface area contributed by atoms with Crippen molar-refractivity contribution in [1.29, 1.82) is 0 Å². The van der Waals surface area contributed by atoms with E-state index in [1.807, 2.05) is 30.3 Å². The summed E-state index contributed by atoms with van der Waals surface area (Å²) in [5.41, 5.74) is 2.23. The topological polar surface area (TPSA) is 87.3 Å². The molecule has 0 fully saturated rings. The van der Waals surface area contributed by atoms with Gasteiger partial charge in [-0.25, -0.2) is 13.1 Å². The van der Waals surface area contributed by atoms with E-state index in [1.165, 1.54) is 12.1 Å². The van der Waals surface area contributed by atoms with E-state index in [0.717, 1.165) is 11.1 Å². The average Bonchev–Trinajstić information content (AvgIpc) is 2.75. The van der Waals surface area contributed by atoms with Gasteiger partial charge in [0.1, 0.15) is 0 Å². The third kappa shape index (κ3) is 7.15. The van der Waals surface area contributed by atoms with E-state index in [4.69, 9.17) is 23.8 Å². The zero-order chi connectivity index (χ0) is 22.3.